The number of carbonyl (C=O) groups excluding carboxylic acids is 3. The summed E-state index contributed by atoms with van der Waals surface area (Å²) in [7, 11) is -3.24. The fraction of sp³-hybridized carbons (Fsp3) is 0.294. The second-order valence-corrected chi connectivity index (χ2v) is 11.5. The molecular weight excluding hydrogens is 504 g/mol. The molecule has 1 atom stereocenters. The molecule has 0 unspecified atom stereocenters. The molecule has 4 rings (SSSR count). The van der Waals surface area contributed by atoms with Crippen LogP contribution in [0.15, 0.2) is 27.6 Å². The van der Waals surface area contributed by atoms with Crippen molar-refractivity contribution in [3.05, 3.63) is 33.1 Å². The number of halogens is 1. The van der Waals surface area contributed by atoms with Crippen LogP contribution in [-0.4, -0.2) is 59.5 Å². The van der Waals surface area contributed by atoms with Gasteiger partial charge in [0, 0.05) is 10.0 Å². The average Bonchev–Trinajstić information content (AvgIpc) is 3.20. The van der Waals surface area contributed by atoms with E-state index in [9.17, 15) is 27.9 Å². The highest BCUT2D eigenvalue weighted by Gasteiger charge is 2.46. The van der Waals surface area contributed by atoms with Gasteiger partial charge < -0.3 is 14.8 Å². The Labute approximate surface area is 184 Å². The summed E-state index contributed by atoms with van der Waals surface area (Å²) in [4.78, 5) is 39.6. The van der Waals surface area contributed by atoms with E-state index in [1.807, 2.05) is 0 Å². The smallest absolute Gasteiger partial charge is 0.267 e. The van der Waals surface area contributed by atoms with E-state index in [0.717, 1.165) is 16.7 Å². The van der Waals surface area contributed by atoms with Crippen molar-refractivity contribution in [2.45, 2.75) is 12.5 Å². The molecule has 1 aromatic rings. The van der Waals surface area contributed by atoms with Gasteiger partial charge in [-0.15, -0.1) is 0 Å². The van der Waals surface area contributed by atoms with Gasteiger partial charge in [-0.3, -0.25) is 14.5 Å². The molecule has 3 aliphatic heterocycles. The minimum atomic E-state index is -3.24. The van der Waals surface area contributed by atoms with Crippen molar-refractivity contribution in [2.24, 2.45) is 0 Å². The maximum atomic E-state index is 13.1. The Hall–Kier alpha value is -1.76. The van der Waals surface area contributed by atoms with Gasteiger partial charge >= 0.3 is 0 Å². The van der Waals surface area contributed by atoms with Crippen LogP contribution in [0.1, 0.15) is 12.0 Å². The summed E-state index contributed by atoms with van der Waals surface area (Å²) in [5.74, 6) is -2.80. The highest BCUT2D eigenvalue weighted by Crippen LogP contribution is 2.46. The predicted molar refractivity (Wildman–Crippen MR) is 113 cm³/mol. The Bertz CT molecular complexity index is 1130. The van der Waals surface area contributed by atoms with Gasteiger partial charge in [0.1, 0.15) is 4.32 Å². The second-order valence-electron chi connectivity index (χ2n) is 6.73. The summed E-state index contributed by atoms with van der Waals surface area (Å²) in [5, 5.41) is 11.1. The Morgan fingerprint density at radius 1 is 1.31 bits per heavy atom. The number of rotatable bonds is 3. The van der Waals surface area contributed by atoms with E-state index in [-0.39, 0.29) is 32.7 Å². The van der Waals surface area contributed by atoms with Gasteiger partial charge in [0.25, 0.3) is 11.8 Å². The third kappa shape index (κ3) is 3.51. The molecule has 0 aromatic heterocycles. The summed E-state index contributed by atoms with van der Waals surface area (Å²) in [6.45, 7) is -0.655. The number of nitrogens with zero attached hydrogens (tertiary/aromatic N) is 2. The number of carbonyl (C=O) groups is 3. The third-order valence-corrected chi connectivity index (χ3v) is 8.51. The highest BCUT2D eigenvalue weighted by molar-refractivity contribution is 9.10. The summed E-state index contributed by atoms with van der Waals surface area (Å²) < 4.78 is 24.5. The summed E-state index contributed by atoms with van der Waals surface area (Å²) >= 11 is 9.55. The van der Waals surface area contributed by atoms with Crippen LogP contribution in [0.2, 0.25) is 0 Å². The van der Waals surface area contributed by atoms with Crippen molar-refractivity contribution in [2.75, 3.05) is 23.0 Å². The van der Waals surface area contributed by atoms with E-state index in [4.69, 9.17) is 12.2 Å². The SMILES string of the molecule is O=C([O-])CN1C(=O)/C(=C2\SC(=S)N([C@@H]3CCS(=O)(=O)C3)C2=O)c2cc(Br)ccc21. The van der Waals surface area contributed by atoms with E-state index < -0.39 is 40.2 Å². The Morgan fingerprint density at radius 2 is 2.03 bits per heavy atom. The van der Waals surface area contributed by atoms with Crippen LogP contribution in [0.5, 0.6) is 0 Å². The number of amides is 2. The maximum absolute atomic E-state index is 13.1. The van der Waals surface area contributed by atoms with Crippen LogP contribution in [-0.2, 0) is 24.2 Å². The minimum Gasteiger partial charge on any atom is -0.548 e. The lowest BCUT2D eigenvalue weighted by Crippen LogP contribution is -2.40. The number of thiocarbonyl (C=S) groups is 1. The van der Waals surface area contributed by atoms with Crippen molar-refractivity contribution < 1.29 is 27.9 Å². The molecule has 3 aliphatic rings. The zero-order valence-electron chi connectivity index (χ0n) is 14.6. The Morgan fingerprint density at radius 3 is 2.66 bits per heavy atom. The first-order valence-electron chi connectivity index (χ1n) is 8.41. The second kappa shape index (κ2) is 7.18. The number of anilines is 1. The van der Waals surface area contributed by atoms with Crippen LogP contribution in [0, 0.1) is 0 Å². The predicted octanol–water partition coefficient (Wildman–Crippen LogP) is 0.304. The molecule has 0 radical (unpaired) electrons. The number of thioether (sulfide) groups is 1. The first kappa shape index (κ1) is 20.5. The highest BCUT2D eigenvalue weighted by atomic mass is 79.9. The van der Waals surface area contributed by atoms with Crippen molar-refractivity contribution in [1.82, 2.24) is 4.90 Å². The van der Waals surface area contributed by atoms with Crippen molar-refractivity contribution in [3.8, 4) is 0 Å². The third-order valence-electron chi connectivity index (χ3n) is 4.86. The molecule has 29 heavy (non-hydrogen) atoms. The Balaban J connectivity index is 1.80. The van der Waals surface area contributed by atoms with Gasteiger partial charge in [0.2, 0.25) is 0 Å². The first-order chi connectivity index (χ1) is 13.6. The molecular formula is C17H12BrN2O6S3-. The maximum Gasteiger partial charge on any atom is 0.267 e. The molecule has 12 heteroatoms. The number of fused-ring (bicyclic) bond motifs is 1. The monoisotopic (exact) mass is 515 g/mol. The molecule has 0 aliphatic carbocycles. The van der Waals surface area contributed by atoms with Gasteiger partial charge in [-0.2, -0.15) is 0 Å². The summed E-state index contributed by atoms with van der Waals surface area (Å²) in [6, 6.07) is 4.30. The van der Waals surface area contributed by atoms with Crippen LogP contribution in [0.3, 0.4) is 0 Å². The lowest BCUT2D eigenvalue weighted by Gasteiger charge is -2.21. The van der Waals surface area contributed by atoms with Gasteiger partial charge in [0.05, 0.1) is 46.2 Å². The fourth-order valence-corrected chi connectivity index (χ4v) is 7.17. The molecule has 2 amide bonds. The summed E-state index contributed by atoms with van der Waals surface area (Å²) in [5.41, 5.74) is 0.819. The van der Waals surface area contributed by atoms with E-state index >= 15 is 0 Å². The summed E-state index contributed by atoms with van der Waals surface area (Å²) in [6.07, 6.45) is 0.282. The lowest BCUT2D eigenvalue weighted by molar-refractivity contribution is -0.303. The van der Waals surface area contributed by atoms with Crippen LogP contribution >= 0.6 is 39.9 Å². The number of carboxylic acids is 1. The van der Waals surface area contributed by atoms with Crippen molar-refractivity contribution >= 4 is 83.1 Å². The first-order valence-corrected chi connectivity index (χ1v) is 12.2. The number of benzene rings is 1. The minimum absolute atomic E-state index is 0.0191. The van der Waals surface area contributed by atoms with Crippen LogP contribution in [0.4, 0.5) is 5.69 Å². The molecule has 3 heterocycles. The van der Waals surface area contributed by atoms with E-state index in [1.54, 1.807) is 18.2 Å². The molecule has 0 bridgehead atoms. The largest absolute Gasteiger partial charge is 0.548 e. The van der Waals surface area contributed by atoms with E-state index in [1.165, 1.54) is 4.90 Å². The van der Waals surface area contributed by atoms with Gasteiger partial charge in [-0.25, -0.2) is 8.42 Å². The standard InChI is InChI=1S/C17H13BrN2O6S3/c18-8-1-2-11-10(5-8)13(15(23)19(11)6-12(21)22)14-16(24)20(17(27)28-14)9-3-4-29(25,26)7-9/h1-2,5,9H,3-4,6-7H2,(H,21,22)/p-1/b14-13-/t9-/m1/s1. The zero-order chi connectivity index (χ0) is 21.1. The van der Waals surface area contributed by atoms with Crippen LogP contribution < -0.4 is 10.0 Å². The van der Waals surface area contributed by atoms with Crippen molar-refractivity contribution in [1.29, 1.82) is 0 Å². The molecule has 0 N–H and O–H groups in total. The number of carboxylic acid groups (broad SMARTS) is 1. The zero-order valence-corrected chi connectivity index (χ0v) is 18.6. The molecule has 152 valence electrons. The Kier molecular flexibility index (Phi) is 5.08. The average molecular weight is 516 g/mol. The number of aliphatic carboxylic acids is 1. The lowest BCUT2D eigenvalue weighted by atomic mass is 10.1. The van der Waals surface area contributed by atoms with Gasteiger partial charge in [-0.1, -0.05) is 39.9 Å². The molecule has 2 saturated heterocycles. The molecule has 1 aromatic carbocycles. The topological polar surface area (TPSA) is 115 Å². The molecule has 0 saturated carbocycles. The fourth-order valence-electron chi connectivity index (χ4n) is 3.63. The normalized spacial score (nSPS) is 25.8. The quantitative estimate of drug-likeness (QED) is 0.417. The van der Waals surface area contributed by atoms with Gasteiger partial charge in [-0.05, 0) is 24.6 Å². The molecule has 8 nitrogen and oxygen atoms in total. The van der Waals surface area contributed by atoms with Gasteiger partial charge in [0.15, 0.2) is 9.84 Å². The van der Waals surface area contributed by atoms with Crippen molar-refractivity contribution in [3.63, 3.8) is 0 Å². The number of hydrogen-bond acceptors (Lipinski definition) is 8. The van der Waals surface area contributed by atoms with E-state index in [0.29, 0.717) is 15.7 Å². The number of sulfone groups is 1. The molecule has 0 spiro atoms. The molecule has 2 fully saturated rings. The number of hydrogen-bond donors (Lipinski definition) is 0. The van der Waals surface area contributed by atoms with E-state index in [2.05, 4.69) is 15.9 Å². The van der Waals surface area contributed by atoms with Crippen LogP contribution in [0.25, 0.3) is 5.57 Å².